The van der Waals surface area contributed by atoms with Gasteiger partial charge in [-0.3, -0.25) is 4.79 Å². The van der Waals surface area contributed by atoms with Crippen LogP contribution < -0.4 is 21.1 Å². The lowest BCUT2D eigenvalue weighted by Gasteiger charge is -2.23. The van der Waals surface area contributed by atoms with E-state index in [0.717, 1.165) is 34.1 Å². The number of rotatable bonds is 15. The molecule has 0 radical (unpaired) electrons. The highest BCUT2D eigenvalue weighted by atomic mass is 127. The first-order valence-electron chi connectivity index (χ1n) is 15.3. The SMILES string of the molecule is CCCOc1ccc(C[C@H](NC(=O)[C@@H](CCCCN)NC(=O)OCC2C3=C(CCC=C3)c3cccc(I)c32)C(=O)OC)cc1. The van der Waals surface area contributed by atoms with Crippen LogP contribution in [0.2, 0.25) is 0 Å². The number of carbonyl (C=O) groups is 3. The highest BCUT2D eigenvalue weighted by Gasteiger charge is 2.34. The summed E-state index contributed by atoms with van der Waals surface area (Å²) in [7, 11) is 1.28. The van der Waals surface area contributed by atoms with E-state index < -0.39 is 30.1 Å². The highest BCUT2D eigenvalue weighted by molar-refractivity contribution is 14.1. The number of hydrogen-bond acceptors (Lipinski definition) is 7. The minimum atomic E-state index is -0.940. The normalized spacial score (nSPS) is 16.4. The summed E-state index contributed by atoms with van der Waals surface area (Å²) in [6.07, 6.45) is 8.34. The molecule has 0 spiro atoms. The zero-order chi connectivity index (χ0) is 31.5. The quantitative estimate of drug-likeness (QED) is 0.128. The summed E-state index contributed by atoms with van der Waals surface area (Å²) < 4.78 is 17.5. The fourth-order valence-corrected chi connectivity index (χ4v) is 6.55. The highest BCUT2D eigenvalue weighted by Crippen LogP contribution is 2.47. The van der Waals surface area contributed by atoms with Crippen molar-refractivity contribution in [1.29, 1.82) is 0 Å². The van der Waals surface area contributed by atoms with Gasteiger partial charge in [-0.2, -0.15) is 0 Å². The average molecular weight is 716 g/mol. The average Bonchev–Trinajstić information content (AvgIpc) is 3.37. The maximum absolute atomic E-state index is 13.5. The summed E-state index contributed by atoms with van der Waals surface area (Å²) in [5.41, 5.74) is 11.4. The van der Waals surface area contributed by atoms with Crippen molar-refractivity contribution in [1.82, 2.24) is 10.6 Å². The fraction of sp³-hybridized carbons (Fsp3) is 0.441. The molecule has 2 aromatic rings. The predicted octanol–water partition coefficient (Wildman–Crippen LogP) is 5.41. The van der Waals surface area contributed by atoms with E-state index in [2.05, 4.69) is 63.6 Å². The van der Waals surface area contributed by atoms with Crippen molar-refractivity contribution in [2.24, 2.45) is 5.73 Å². The summed E-state index contributed by atoms with van der Waals surface area (Å²) >= 11 is 2.34. The Hall–Kier alpha value is -3.38. The van der Waals surface area contributed by atoms with Gasteiger partial charge in [0.1, 0.15) is 24.4 Å². The molecule has 2 aliphatic rings. The Balaban J connectivity index is 1.41. The second-order valence-electron chi connectivity index (χ2n) is 11.0. The van der Waals surface area contributed by atoms with Crippen LogP contribution in [0.5, 0.6) is 5.75 Å². The second-order valence-corrected chi connectivity index (χ2v) is 12.2. The number of carbonyl (C=O) groups excluding carboxylic acids is 3. The molecule has 10 heteroatoms. The van der Waals surface area contributed by atoms with Gasteiger partial charge in [-0.25, -0.2) is 9.59 Å². The molecule has 0 saturated carbocycles. The number of halogens is 1. The van der Waals surface area contributed by atoms with Crippen LogP contribution in [0.1, 0.15) is 68.1 Å². The molecule has 1 unspecified atom stereocenters. The lowest BCUT2D eigenvalue weighted by Crippen LogP contribution is -2.52. The van der Waals surface area contributed by atoms with E-state index in [0.29, 0.717) is 32.4 Å². The molecule has 4 rings (SSSR count). The van der Waals surface area contributed by atoms with Crippen LogP contribution in [0.25, 0.3) is 5.57 Å². The minimum Gasteiger partial charge on any atom is -0.494 e. The number of fused-ring (bicyclic) bond motifs is 2. The summed E-state index contributed by atoms with van der Waals surface area (Å²) in [5, 5.41) is 5.53. The standard InChI is InChI=1S/C34H42IN3O6/c1-3-19-43-23-16-14-22(15-17-23)20-30(33(40)42-2)37-32(39)29(13-6-7-18-36)38-34(41)44-21-27-25-10-5-4-9-24(25)26-11-8-12-28(35)31(26)27/h5,8,10-12,14-17,27,29-30H,3-4,6-7,9,13,18-21,36H2,1-2H3,(H,37,39)(H,38,41)/t27?,29-,30+/m1/s1. The van der Waals surface area contributed by atoms with E-state index in [9.17, 15) is 14.4 Å². The molecule has 3 atom stereocenters. The molecule has 4 N–H and O–H groups in total. The van der Waals surface area contributed by atoms with Crippen LogP contribution in [-0.4, -0.2) is 56.9 Å². The zero-order valence-corrected chi connectivity index (χ0v) is 27.6. The first-order valence-corrected chi connectivity index (χ1v) is 16.4. The summed E-state index contributed by atoms with van der Waals surface area (Å²) in [5.74, 6) is -0.396. The number of allylic oxidation sites excluding steroid dienone is 3. The first-order chi connectivity index (χ1) is 21.4. The molecule has 2 amide bonds. The zero-order valence-electron chi connectivity index (χ0n) is 25.4. The topological polar surface area (TPSA) is 129 Å². The molecule has 0 aliphatic heterocycles. The Kier molecular flexibility index (Phi) is 12.7. The number of nitrogens with one attached hydrogen (secondary N) is 2. The molecule has 0 aromatic heterocycles. The smallest absolute Gasteiger partial charge is 0.407 e. The summed E-state index contributed by atoms with van der Waals surface area (Å²) in [4.78, 5) is 39.2. The van der Waals surface area contributed by atoms with Gasteiger partial charge in [0.15, 0.2) is 0 Å². The van der Waals surface area contributed by atoms with Gasteiger partial charge in [-0.1, -0.05) is 43.3 Å². The van der Waals surface area contributed by atoms with Gasteiger partial charge >= 0.3 is 12.1 Å². The molecule has 2 aliphatic carbocycles. The molecule has 9 nitrogen and oxygen atoms in total. The van der Waals surface area contributed by atoms with Gasteiger partial charge in [0.05, 0.1) is 13.7 Å². The molecule has 236 valence electrons. The third kappa shape index (κ3) is 8.62. The Bertz CT molecular complexity index is 1370. The maximum Gasteiger partial charge on any atom is 0.407 e. The van der Waals surface area contributed by atoms with Crippen molar-refractivity contribution in [2.45, 2.75) is 69.9 Å². The molecular weight excluding hydrogens is 673 g/mol. The molecular formula is C34H42IN3O6. The molecule has 0 bridgehead atoms. The lowest BCUT2D eigenvalue weighted by molar-refractivity contribution is -0.145. The van der Waals surface area contributed by atoms with E-state index in [4.69, 9.17) is 19.9 Å². The van der Waals surface area contributed by atoms with Crippen LogP contribution in [0.3, 0.4) is 0 Å². The molecule has 0 fully saturated rings. The van der Waals surface area contributed by atoms with Gasteiger partial charge in [-0.05, 0) is 114 Å². The number of benzene rings is 2. The van der Waals surface area contributed by atoms with E-state index >= 15 is 0 Å². The summed E-state index contributed by atoms with van der Waals surface area (Å²) in [6, 6.07) is 11.8. The largest absolute Gasteiger partial charge is 0.494 e. The lowest BCUT2D eigenvalue weighted by atomic mass is 9.93. The molecule has 0 heterocycles. The number of unbranched alkanes of at least 4 members (excludes halogenated alkanes) is 1. The van der Waals surface area contributed by atoms with Crippen molar-refractivity contribution in [3.05, 3.63) is 80.5 Å². The van der Waals surface area contributed by atoms with Crippen LogP contribution in [0.15, 0.2) is 60.2 Å². The van der Waals surface area contributed by atoms with Crippen LogP contribution in [0.4, 0.5) is 4.79 Å². The third-order valence-corrected chi connectivity index (χ3v) is 8.82. The van der Waals surface area contributed by atoms with E-state index in [-0.39, 0.29) is 18.9 Å². The first kappa shape index (κ1) is 33.5. The minimum absolute atomic E-state index is 0.0672. The van der Waals surface area contributed by atoms with E-state index in [1.165, 1.54) is 29.4 Å². The van der Waals surface area contributed by atoms with Crippen LogP contribution >= 0.6 is 22.6 Å². The van der Waals surface area contributed by atoms with E-state index in [1.807, 2.05) is 31.2 Å². The van der Waals surface area contributed by atoms with Crippen molar-refractivity contribution in [2.75, 3.05) is 26.9 Å². The van der Waals surface area contributed by atoms with Gasteiger partial charge in [-0.15, -0.1) is 0 Å². The van der Waals surface area contributed by atoms with Crippen molar-refractivity contribution < 1.29 is 28.6 Å². The number of amides is 2. The monoisotopic (exact) mass is 715 g/mol. The Morgan fingerprint density at radius 1 is 1.07 bits per heavy atom. The van der Waals surface area contributed by atoms with Gasteiger partial charge < -0.3 is 30.6 Å². The number of ether oxygens (including phenoxy) is 3. The second kappa shape index (κ2) is 16.6. The van der Waals surface area contributed by atoms with Gasteiger partial charge in [0, 0.05) is 15.9 Å². The Morgan fingerprint density at radius 3 is 2.59 bits per heavy atom. The summed E-state index contributed by atoms with van der Waals surface area (Å²) in [6.45, 7) is 3.27. The van der Waals surface area contributed by atoms with Crippen molar-refractivity contribution >= 4 is 46.1 Å². The van der Waals surface area contributed by atoms with Crippen molar-refractivity contribution in [3.63, 3.8) is 0 Å². The van der Waals surface area contributed by atoms with Crippen molar-refractivity contribution in [3.8, 4) is 5.75 Å². The van der Waals surface area contributed by atoms with Crippen LogP contribution in [-0.2, 0) is 25.5 Å². The predicted molar refractivity (Wildman–Crippen MR) is 178 cm³/mol. The Labute approximate surface area is 273 Å². The third-order valence-electron chi connectivity index (χ3n) is 7.88. The maximum atomic E-state index is 13.5. The molecule has 0 saturated heterocycles. The fourth-order valence-electron chi connectivity index (χ4n) is 5.67. The van der Waals surface area contributed by atoms with E-state index in [1.54, 1.807) is 0 Å². The molecule has 44 heavy (non-hydrogen) atoms. The van der Waals surface area contributed by atoms with Gasteiger partial charge in [0.25, 0.3) is 0 Å². The number of esters is 1. The number of alkyl carbamates (subject to hydrolysis) is 1. The number of methoxy groups -OCH3 is 1. The number of nitrogens with two attached hydrogens (primary N) is 1. The number of hydrogen-bond donors (Lipinski definition) is 3. The van der Waals surface area contributed by atoms with Crippen LogP contribution in [0, 0.1) is 3.57 Å². The van der Waals surface area contributed by atoms with Gasteiger partial charge in [0.2, 0.25) is 5.91 Å². The Morgan fingerprint density at radius 2 is 1.86 bits per heavy atom. The molecule has 2 aromatic carbocycles.